The maximum Gasteiger partial charge on any atom is 0.271 e. The highest BCUT2D eigenvalue weighted by atomic mass is 35.5. The van der Waals surface area contributed by atoms with Crippen LogP contribution in [0.4, 0.5) is 0 Å². The Morgan fingerprint density at radius 2 is 2.03 bits per heavy atom. The molecule has 5 N–H and O–H groups in total. The molecule has 2 saturated heterocycles. The summed E-state index contributed by atoms with van der Waals surface area (Å²) < 4.78 is 5.42. The lowest BCUT2D eigenvalue weighted by Gasteiger charge is -2.28. The number of nitrogens with two attached hydrogens (primary N) is 1. The molecule has 0 spiro atoms. The zero-order chi connectivity index (χ0) is 27.4. The van der Waals surface area contributed by atoms with Crippen molar-refractivity contribution in [3.63, 3.8) is 0 Å². The smallest absolute Gasteiger partial charge is 0.271 e. The fourth-order valence-corrected chi connectivity index (χ4v) is 6.84. The van der Waals surface area contributed by atoms with E-state index < -0.39 is 29.8 Å². The van der Waals surface area contributed by atoms with Crippen LogP contribution in [0.5, 0.6) is 5.75 Å². The van der Waals surface area contributed by atoms with Crippen molar-refractivity contribution >= 4 is 46.1 Å². The largest absolute Gasteiger partial charge is 0.496 e. The first-order chi connectivity index (χ1) is 18.0. The maximum atomic E-state index is 13.8. The van der Waals surface area contributed by atoms with Crippen LogP contribution in [0.15, 0.2) is 18.2 Å². The number of fused-ring (bicyclic) bond motifs is 2. The molecule has 38 heavy (non-hydrogen) atoms. The van der Waals surface area contributed by atoms with Crippen LogP contribution in [0.1, 0.15) is 56.4 Å². The number of likely N-dealkylation sites (tertiary alicyclic amines) is 1. The minimum Gasteiger partial charge on any atom is -0.496 e. The van der Waals surface area contributed by atoms with Gasteiger partial charge in [-0.15, -0.1) is 0 Å². The number of amides is 4. The highest BCUT2D eigenvalue weighted by Gasteiger charge is 2.50. The molecule has 1 aromatic carbocycles. The number of carbonyl (C=O) groups excluding carboxylic acids is 4. The Labute approximate surface area is 226 Å². The molecular weight excluding hydrogens is 510 g/mol. The minimum absolute atomic E-state index is 0.00505. The van der Waals surface area contributed by atoms with Gasteiger partial charge in [-0.3, -0.25) is 19.2 Å². The summed E-state index contributed by atoms with van der Waals surface area (Å²) in [6, 6.07) is 3.37. The number of nitrogens with one attached hydrogen (secondary N) is 3. The normalized spacial score (nSPS) is 26.7. The Balaban J connectivity index is 1.38. The Morgan fingerprint density at radius 1 is 1.26 bits per heavy atom. The van der Waals surface area contributed by atoms with Crippen LogP contribution in [0.2, 0.25) is 5.02 Å². The lowest BCUT2D eigenvalue weighted by atomic mass is 9.90. The average Bonchev–Trinajstić information content (AvgIpc) is 3.59. The Bertz CT molecular complexity index is 1310. The Morgan fingerprint density at radius 3 is 2.68 bits per heavy atom. The van der Waals surface area contributed by atoms with Gasteiger partial charge in [0.1, 0.15) is 23.5 Å². The van der Waals surface area contributed by atoms with E-state index in [-0.39, 0.29) is 35.6 Å². The number of H-pyrrole nitrogens is 1. The lowest BCUT2D eigenvalue weighted by molar-refractivity contribution is -0.131. The predicted molar refractivity (Wildman–Crippen MR) is 142 cm³/mol. The number of nitrogens with zero attached hydrogens (tertiary/aromatic N) is 1. The number of carbonyl (C=O) groups is 4. The van der Waals surface area contributed by atoms with Gasteiger partial charge >= 0.3 is 0 Å². The van der Waals surface area contributed by atoms with Crippen LogP contribution in [0.3, 0.4) is 0 Å². The number of benzene rings is 1. The molecular formula is C27H34ClN5O5. The van der Waals surface area contributed by atoms with Crippen molar-refractivity contribution in [2.45, 2.75) is 63.6 Å². The van der Waals surface area contributed by atoms with Crippen molar-refractivity contribution in [1.29, 1.82) is 0 Å². The number of ether oxygens (including phenoxy) is 1. The zero-order valence-corrected chi connectivity index (χ0v) is 22.6. The van der Waals surface area contributed by atoms with Crippen LogP contribution in [0.25, 0.3) is 10.9 Å². The molecule has 1 saturated carbocycles. The molecule has 10 nitrogen and oxygen atoms in total. The third-order valence-electron chi connectivity index (χ3n) is 8.30. The second kappa shape index (κ2) is 9.80. The van der Waals surface area contributed by atoms with Gasteiger partial charge in [-0.05, 0) is 69.6 Å². The molecule has 4 amide bonds. The number of aromatic amines is 1. The predicted octanol–water partition coefficient (Wildman–Crippen LogP) is 2.35. The molecule has 3 aliphatic rings. The summed E-state index contributed by atoms with van der Waals surface area (Å²) >= 11 is 6.20. The van der Waals surface area contributed by atoms with Gasteiger partial charge in [-0.1, -0.05) is 18.0 Å². The first-order valence-corrected chi connectivity index (χ1v) is 13.4. The van der Waals surface area contributed by atoms with Gasteiger partial charge in [0.25, 0.3) is 5.91 Å². The SMILES string of the molecule is COc1cc(Cl)cc2[nH]c(C(=O)N3C[C@@H]4CCC[C@@H]4[C@H]3C(=O)NC(CC3CC(C)(C)NC3=O)C(N)=O)cc12. The molecule has 2 aromatic rings. The standard InChI is InChI=1S/C27H34ClN5O5/c1-27(2)11-14(24(35)32-27)7-19(23(29)34)31-25(36)22-16-6-4-5-13(16)12-33(22)26(37)20-10-17-18(30-20)8-15(28)9-21(17)38-3/h8-10,13-14,16,19,22,30H,4-7,11-12H2,1-3H3,(H2,29,34)(H,31,36)(H,32,35)/t13-,14?,16-,19?,22-/m0/s1. The second-order valence-electron chi connectivity index (χ2n) is 11.5. The molecule has 2 aliphatic heterocycles. The highest BCUT2D eigenvalue weighted by Crippen LogP contribution is 2.43. The fraction of sp³-hybridized carbons (Fsp3) is 0.556. The number of aromatic nitrogens is 1. The Kier molecular flexibility index (Phi) is 6.79. The molecule has 0 radical (unpaired) electrons. The van der Waals surface area contributed by atoms with E-state index in [0.717, 1.165) is 19.3 Å². The van der Waals surface area contributed by atoms with Crippen molar-refractivity contribution in [3.8, 4) is 5.75 Å². The molecule has 3 heterocycles. The monoisotopic (exact) mass is 543 g/mol. The molecule has 5 rings (SSSR count). The molecule has 2 unspecified atom stereocenters. The van der Waals surface area contributed by atoms with Gasteiger partial charge in [0.05, 0.1) is 12.6 Å². The number of hydrogen-bond acceptors (Lipinski definition) is 5. The van der Waals surface area contributed by atoms with Gasteiger partial charge in [-0.25, -0.2) is 0 Å². The maximum absolute atomic E-state index is 13.8. The lowest BCUT2D eigenvalue weighted by Crippen LogP contribution is -2.54. The number of rotatable bonds is 7. The molecule has 1 aliphatic carbocycles. The van der Waals surface area contributed by atoms with Gasteiger partial charge < -0.3 is 31.0 Å². The van der Waals surface area contributed by atoms with Crippen LogP contribution < -0.4 is 21.1 Å². The van der Waals surface area contributed by atoms with Crippen molar-refractivity contribution < 1.29 is 23.9 Å². The summed E-state index contributed by atoms with van der Waals surface area (Å²) in [5.74, 6) is -1.26. The highest BCUT2D eigenvalue weighted by molar-refractivity contribution is 6.31. The van der Waals surface area contributed by atoms with E-state index >= 15 is 0 Å². The molecule has 1 aromatic heterocycles. The summed E-state index contributed by atoms with van der Waals surface area (Å²) in [6.07, 6.45) is 3.40. The summed E-state index contributed by atoms with van der Waals surface area (Å²) in [5.41, 5.74) is 6.26. The van der Waals surface area contributed by atoms with E-state index in [2.05, 4.69) is 15.6 Å². The van der Waals surface area contributed by atoms with Crippen molar-refractivity contribution in [3.05, 3.63) is 28.9 Å². The van der Waals surface area contributed by atoms with E-state index in [4.69, 9.17) is 22.1 Å². The summed E-state index contributed by atoms with van der Waals surface area (Å²) in [7, 11) is 1.53. The molecule has 5 atom stereocenters. The van der Waals surface area contributed by atoms with Crippen LogP contribution >= 0.6 is 11.6 Å². The van der Waals surface area contributed by atoms with Gasteiger partial charge in [0.15, 0.2) is 0 Å². The van der Waals surface area contributed by atoms with E-state index in [9.17, 15) is 19.2 Å². The second-order valence-corrected chi connectivity index (χ2v) is 11.9. The first kappa shape index (κ1) is 26.3. The summed E-state index contributed by atoms with van der Waals surface area (Å²) in [6.45, 7) is 4.28. The van der Waals surface area contributed by atoms with Crippen LogP contribution in [-0.4, -0.2) is 64.8 Å². The van der Waals surface area contributed by atoms with Gasteiger partial charge in [-0.2, -0.15) is 0 Å². The number of halogens is 1. The van der Waals surface area contributed by atoms with Crippen molar-refractivity contribution in [2.75, 3.05) is 13.7 Å². The quantitative estimate of drug-likeness (QED) is 0.423. The zero-order valence-electron chi connectivity index (χ0n) is 21.8. The molecule has 11 heteroatoms. The Hall–Kier alpha value is -3.27. The molecule has 0 bridgehead atoms. The third kappa shape index (κ3) is 4.81. The summed E-state index contributed by atoms with van der Waals surface area (Å²) in [4.78, 5) is 56.9. The molecule has 3 fully saturated rings. The number of primary amides is 1. The van der Waals surface area contributed by atoms with Crippen LogP contribution in [-0.2, 0) is 14.4 Å². The third-order valence-corrected chi connectivity index (χ3v) is 8.52. The summed E-state index contributed by atoms with van der Waals surface area (Å²) in [5, 5.41) is 6.90. The van der Waals surface area contributed by atoms with Gasteiger partial charge in [0, 0.05) is 28.4 Å². The van der Waals surface area contributed by atoms with E-state index in [1.165, 1.54) is 7.11 Å². The average molecular weight is 544 g/mol. The van der Waals surface area contributed by atoms with Crippen molar-refractivity contribution in [1.82, 2.24) is 20.5 Å². The van der Waals surface area contributed by atoms with Gasteiger partial charge in [0.2, 0.25) is 17.7 Å². The first-order valence-electron chi connectivity index (χ1n) is 13.1. The minimum atomic E-state index is -1.01. The topological polar surface area (TPSA) is 147 Å². The van der Waals surface area contributed by atoms with E-state index in [1.807, 2.05) is 13.8 Å². The number of hydrogen-bond donors (Lipinski definition) is 4. The van der Waals surface area contributed by atoms with E-state index in [1.54, 1.807) is 23.1 Å². The number of methoxy groups -OCH3 is 1. The fourth-order valence-electron chi connectivity index (χ4n) is 6.63. The van der Waals surface area contributed by atoms with Crippen molar-refractivity contribution in [2.24, 2.45) is 23.5 Å². The molecule has 204 valence electrons. The van der Waals surface area contributed by atoms with Crippen LogP contribution in [0, 0.1) is 17.8 Å². The van der Waals surface area contributed by atoms with E-state index in [0.29, 0.717) is 40.3 Å².